The first-order valence-corrected chi connectivity index (χ1v) is 7.57. The van der Waals surface area contributed by atoms with Crippen molar-refractivity contribution in [3.05, 3.63) is 0 Å². The number of hydrogen-bond acceptors (Lipinski definition) is 2. The summed E-state index contributed by atoms with van der Waals surface area (Å²) in [7, 11) is 0. The molecule has 17 heavy (non-hydrogen) atoms. The van der Waals surface area contributed by atoms with Gasteiger partial charge in [0.05, 0.1) is 6.61 Å². The van der Waals surface area contributed by atoms with Crippen LogP contribution in [0, 0.1) is 17.8 Å². The van der Waals surface area contributed by atoms with E-state index in [-0.39, 0.29) is 0 Å². The van der Waals surface area contributed by atoms with E-state index < -0.39 is 0 Å². The van der Waals surface area contributed by atoms with Crippen LogP contribution in [-0.2, 0) is 4.74 Å². The van der Waals surface area contributed by atoms with Gasteiger partial charge in [-0.15, -0.1) is 0 Å². The molecule has 2 fully saturated rings. The van der Waals surface area contributed by atoms with Gasteiger partial charge in [0.1, 0.15) is 0 Å². The Morgan fingerprint density at radius 3 is 2.71 bits per heavy atom. The van der Waals surface area contributed by atoms with Crippen molar-refractivity contribution in [2.45, 2.75) is 58.4 Å². The molecule has 2 rings (SSSR count). The zero-order valence-electron chi connectivity index (χ0n) is 11.6. The molecule has 0 aromatic carbocycles. The molecule has 0 aromatic rings. The second-order valence-corrected chi connectivity index (χ2v) is 6.34. The lowest BCUT2D eigenvalue weighted by Crippen LogP contribution is -2.37. The van der Waals surface area contributed by atoms with E-state index in [4.69, 9.17) is 4.74 Å². The summed E-state index contributed by atoms with van der Waals surface area (Å²) in [6.45, 7) is 7.68. The molecule has 2 atom stereocenters. The minimum absolute atomic E-state index is 0.751. The number of nitrogens with one attached hydrogen (secondary N) is 1. The molecule has 2 unspecified atom stereocenters. The fourth-order valence-corrected chi connectivity index (χ4v) is 2.89. The van der Waals surface area contributed by atoms with Crippen molar-refractivity contribution in [1.29, 1.82) is 0 Å². The van der Waals surface area contributed by atoms with E-state index in [1.807, 2.05) is 0 Å². The highest BCUT2D eigenvalue weighted by Gasteiger charge is 2.24. The molecule has 0 bridgehead atoms. The van der Waals surface area contributed by atoms with Gasteiger partial charge in [0.2, 0.25) is 0 Å². The minimum Gasteiger partial charge on any atom is -0.380 e. The third kappa shape index (κ3) is 4.97. The summed E-state index contributed by atoms with van der Waals surface area (Å²) < 4.78 is 5.66. The Morgan fingerprint density at radius 2 is 2.00 bits per heavy atom. The lowest BCUT2D eigenvalue weighted by atomic mass is 9.79. The largest absolute Gasteiger partial charge is 0.380 e. The van der Waals surface area contributed by atoms with Crippen molar-refractivity contribution in [2.24, 2.45) is 17.8 Å². The smallest absolute Gasteiger partial charge is 0.0591 e. The predicted octanol–water partition coefficient (Wildman–Crippen LogP) is 3.22. The van der Waals surface area contributed by atoms with Crippen LogP contribution in [0.5, 0.6) is 0 Å². The van der Waals surface area contributed by atoms with E-state index in [9.17, 15) is 0 Å². The van der Waals surface area contributed by atoms with Crippen molar-refractivity contribution in [1.82, 2.24) is 5.32 Å². The van der Waals surface area contributed by atoms with Crippen molar-refractivity contribution >= 4 is 0 Å². The van der Waals surface area contributed by atoms with Gasteiger partial charge in [-0.05, 0) is 43.4 Å². The molecule has 0 aliphatic heterocycles. The van der Waals surface area contributed by atoms with E-state index in [1.165, 1.54) is 38.5 Å². The van der Waals surface area contributed by atoms with Gasteiger partial charge in [0, 0.05) is 19.2 Å². The number of ether oxygens (including phenoxy) is 1. The molecule has 100 valence electrons. The monoisotopic (exact) mass is 239 g/mol. The van der Waals surface area contributed by atoms with Gasteiger partial charge in [-0.2, -0.15) is 0 Å². The van der Waals surface area contributed by atoms with Gasteiger partial charge in [-0.3, -0.25) is 0 Å². The Balaban J connectivity index is 1.51. The Bertz CT molecular complexity index is 213. The molecule has 0 spiro atoms. The maximum Gasteiger partial charge on any atom is 0.0591 e. The fraction of sp³-hybridized carbons (Fsp3) is 1.00. The van der Waals surface area contributed by atoms with Crippen molar-refractivity contribution in [3.8, 4) is 0 Å². The maximum absolute atomic E-state index is 5.66. The molecule has 2 aliphatic rings. The van der Waals surface area contributed by atoms with Crippen LogP contribution in [0.1, 0.15) is 52.4 Å². The summed E-state index contributed by atoms with van der Waals surface area (Å²) in [4.78, 5) is 0. The van der Waals surface area contributed by atoms with Crippen LogP contribution in [0.2, 0.25) is 0 Å². The van der Waals surface area contributed by atoms with E-state index in [2.05, 4.69) is 19.2 Å². The molecule has 2 nitrogen and oxygen atoms in total. The second kappa shape index (κ2) is 6.75. The van der Waals surface area contributed by atoms with Crippen LogP contribution in [0.15, 0.2) is 0 Å². The van der Waals surface area contributed by atoms with Crippen molar-refractivity contribution < 1.29 is 4.74 Å². The Kier molecular flexibility index (Phi) is 5.30. The molecule has 0 radical (unpaired) electrons. The topological polar surface area (TPSA) is 21.3 Å². The molecule has 0 aromatic heterocycles. The first kappa shape index (κ1) is 13.4. The Hall–Kier alpha value is -0.0800. The third-order valence-corrected chi connectivity index (χ3v) is 4.39. The minimum atomic E-state index is 0.751. The normalized spacial score (nSPS) is 29.8. The highest BCUT2D eigenvalue weighted by Crippen LogP contribution is 2.30. The molecule has 2 aliphatic carbocycles. The molecule has 0 saturated heterocycles. The van der Waals surface area contributed by atoms with E-state index >= 15 is 0 Å². The molecular formula is C15H29NO. The van der Waals surface area contributed by atoms with Crippen LogP contribution in [0.25, 0.3) is 0 Å². The summed E-state index contributed by atoms with van der Waals surface area (Å²) in [6, 6.07) is 0.751. The maximum atomic E-state index is 5.66. The highest BCUT2D eigenvalue weighted by molar-refractivity contribution is 4.79. The molecular weight excluding hydrogens is 210 g/mol. The van der Waals surface area contributed by atoms with E-state index in [0.29, 0.717) is 0 Å². The summed E-state index contributed by atoms with van der Waals surface area (Å²) in [5, 5.41) is 3.68. The number of rotatable bonds is 7. The van der Waals surface area contributed by atoms with Crippen molar-refractivity contribution in [3.63, 3.8) is 0 Å². The first-order valence-electron chi connectivity index (χ1n) is 7.57. The average molecular weight is 239 g/mol. The van der Waals surface area contributed by atoms with Crippen LogP contribution in [0.4, 0.5) is 0 Å². The first-order chi connectivity index (χ1) is 8.25. The van der Waals surface area contributed by atoms with Gasteiger partial charge < -0.3 is 10.1 Å². The lowest BCUT2D eigenvalue weighted by molar-refractivity contribution is 0.120. The molecule has 0 amide bonds. The lowest BCUT2D eigenvalue weighted by Gasteiger charge is -2.32. The van der Waals surface area contributed by atoms with Crippen LogP contribution in [-0.4, -0.2) is 25.8 Å². The van der Waals surface area contributed by atoms with Gasteiger partial charge in [0.25, 0.3) is 0 Å². The van der Waals surface area contributed by atoms with Crippen LogP contribution < -0.4 is 5.32 Å². The number of hydrogen-bond donors (Lipinski definition) is 1. The van der Waals surface area contributed by atoms with Crippen molar-refractivity contribution in [2.75, 3.05) is 19.8 Å². The fourth-order valence-electron chi connectivity index (χ4n) is 2.89. The van der Waals surface area contributed by atoms with Gasteiger partial charge >= 0.3 is 0 Å². The zero-order valence-corrected chi connectivity index (χ0v) is 11.6. The molecule has 0 heterocycles. The quantitative estimate of drug-likeness (QED) is 0.689. The van der Waals surface area contributed by atoms with E-state index in [0.717, 1.165) is 43.6 Å². The average Bonchev–Trinajstić information content (AvgIpc) is 3.13. The summed E-state index contributed by atoms with van der Waals surface area (Å²) >= 11 is 0. The molecule has 2 heteroatoms. The Labute approximate surface area is 107 Å². The zero-order chi connectivity index (χ0) is 12.1. The van der Waals surface area contributed by atoms with E-state index in [1.54, 1.807) is 0 Å². The highest BCUT2D eigenvalue weighted by atomic mass is 16.5. The molecule has 1 N–H and O–H groups in total. The summed E-state index contributed by atoms with van der Waals surface area (Å²) in [5.41, 5.74) is 0. The van der Waals surface area contributed by atoms with Gasteiger partial charge in [0.15, 0.2) is 0 Å². The summed E-state index contributed by atoms with van der Waals surface area (Å²) in [6.07, 6.45) is 8.38. The Morgan fingerprint density at radius 1 is 1.18 bits per heavy atom. The third-order valence-electron chi connectivity index (χ3n) is 4.39. The second-order valence-electron chi connectivity index (χ2n) is 6.34. The molecule has 2 saturated carbocycles. The predicted molar refractivity (Wildman–Crippen MR) is 72.1 cm³/mol. The van der Waals surface area contributed by atoms with Crippen LogP contribution in [0.3, 0.4) is 0 Å². The van der Waals surface area contributed by atoms with Gasteiger partial charge in [-0.25, -0.2) is 0 Å². The summed E-state index contributed by atoms with van der Waals surface area (Å²) in [5.74, 6) is 2.69. The van der Waals surface area contributed by atoms with Crippen LogP contribution >= 0.6 is 0 Å². The SMILES string of the molecule is CC(C)C1CCCC(NCCOCC2CC2)C1. The van der Waals surface area contributed by atoms with Gasteiger partial charge in [-0.1, -0.05) is 26.7 Å². The standard InChI is InChI=1S/C15H29NO/c1-12(2)14-4-3-5-15(10-14)16-8-9-17-11-13-6-7-13/h12-16H,3-11H2,1-2H3.